The third-order valence-corrected chi connectivity index (χ3v) is 6.35. The maximum atomic E-state index is 13.2. The van der Waals surface area contributed by atoms with Crippen LogP contribution in [0.1, 0.15) is 29.8 Å². The van der Waals surface area contributed by atoms with Crippen molar-refractivity contribution >= 4 is 45.4 Å². The number of aromatic nitrogens is 3. The van der Waals surface area contributed by atoms with E-state index in [1.54, 1.807) is 24.4 Å². The van der Waals surface area contributed by atoms with Gasteiger partial charge in [-0.2, -0.15) is 4.98 Å². The number of oxazole rings is 1. The molecule has 1 amide bonds. The van der Waals surface area contributed by atoms with Crippen LogP contribution in [0.25, 0.3) is 33.5 Å². The molecule has 184 valence electrons. The first kappa shape index (κ1) is 22.2. The smallest absolute Gasteiger partial charge is 0.295 e. The van der Waals surface area contributed by atoms with Crippen LogP contribution in [0.4, 0.5) is 17.4 Å². The number of benzene rings is 1. The summed E-state index contributed by atoms with van der Waals surface area (Å²) in [5.74, 6) is 0.414. The van der Waals surface area contributed by atoms with Gasteiger partial charge in [0.2, 0.25) is 0 Å². The Bertz CT molecular complexity index is 1530. The summed E-state index contributed by atoms with van der Waals surface area (Å²) in [5, 5.41) is 16.0. The lowest BCUT2D eigenvalue weighted by Crippen LogP contribution is -2.30. The predicted octanol–water partition coefficient (Wildman–Crippen LogP) is 4.61. The topological polar surface area (TPSA) is 132 Å². The van der Waals surface area contributed by atoms with E-state index in [9.17, 15) is 4.79 Å². The molecule has 4 aromatic heterocycles. The predicted molar refractivity (Wildman–Crippen MR) is 137 cm³/mol. The molecule has 0 saturated carbocycles. The number of anilines is 3. The highest BCUT2D eigenvalue weighted by Crippen LogP contribution is 2.35. The fourth-order valence-corrected chi connectivity index (χ4v) is 4.57. The van der Waals surface area contributed by atoms with Crippen LogP contribution < -0.4 is 15.5 Å². The Morgan fingerprint density at radius 3 is 2.86 bits per heavy atom. The summed E-state index contributed by atoms with van der Waals surface area (Å²) >= 11 is 0. The number of nitrogens with one attached hydrogen (secondary N) is 3. The summed E-state index contributed by atoms with van der Waals surface area (Å²) < 4.78 is 11.7. The van der Waals surface area contributed by atoms with Crippen LogP contribution in [0.3, 0.4) is 0 Å². The Balaban J connectivity index is 1.29. The maximum Gasteiger partial charge on any atom is 0.295 e. The largest absolute Gasteiger partial charge is 0.451 e. The number of aromatic amines is 1. The number of rotatable bonds is 7. The van der Waals surface area contributed by atoms with Crippen LogP contribution in [0, 0.1) is 0 Å². The van der Waals surface area contributed by atoms with Gasteiger partial charge in [0.15, 0.2) is 11.3 Å². The van der Waals surface area contributed by atoms with E-state index in [0.717, 1.165) is 48.2 Å². The number of piperidine rings is 1. The van der Waals surface area contributed by atoms with Crippen LogP contribution in [-0.2, 0) is 0 Å². The van der Waals surface area contributed by atoms with Crippen molar-refractivity contribution in [3.05, 3.63) is 54.6 Å². The number of hydrogen-bond donors (Lipinski definition) is 4. The molecule has 0 aliphatic carbocycles. The molecule has 1 fully saturated rings. The van der Waals surface area contributed by atoms with Crippen LogP contribution in [0.2, 0.25) is 0 Å². The van der Waals surface area contributed by atoms with Crippen molar-refractivity contribution in [2.75, 3.05) is 41.8 Å². The summed E-state index contributed by atoms with van der Waals surface area (Å²) in [4.78, 5) is 27.4. The first-order chi connectivity index (χ1) is 17.7. The number of carbonyl (C=O) groups excluding carboxylic acids is 1. The minimum Gasteiger partial charge on any atom is -0.451 e. The highest BCUT2D eigenvalue weighted by Gasteiger charge is 2.21. The van der Waals surface area contributed by atoms with Gasteiger partial charge in [0.1, 0.15) is 16.9 Å². The van der Waals surface area contributed by atoms with E-state index in [1.807, 2.05) is 24.4 Å². The molecule has 0 radical (unpaired) electrons. The second kappa shape index (κ2) is 9.38. The van der Waals surface area contributed by atoms with E-state index >= 15 is 0 Å². The van der Waals surface area contributed by atoms with Gasteiger partial charge in [-0.1, -0.05) is 0 Å². The van der Waals surface area contributed by atoms with Gasteiger partial charge in [-0.3, -0.25) is 4.79 Å². The van der Waals surface area contributed by atoms with Crippen molar-refractivity contribution in [1.29, 1.82) is 0 Å². The number of nitrogens with zero attached hydrogens (tertiary/aromatic N) is 3. The molecule has 4 N–H and O–H groups in total. The Morgan fingerprint density at radius 1 is 1.11 bits per heavy atom. The zero-order chi connectivity index (χ0) is 24.5. The van der Waals surface area contributed by atoms with Gasteiger partial charge in [-0.25, -0.2) is 4.98 Å². The molecule has 36 heavy (non-hydrogen) atoms. The van der Waals surface area contributed by atoms with Crippen molar-refractivity contribution in [1.82, 2.24) is 15.0 Å². The van der Waals surface area contributed by atoms with E-state index in [1.165, 1.54) is 6.42 Å². The van der Waals surface area contributed by atoms with Crippen molar-refractivity contribution in [3.8, 4) is 11.3 Å². The highest BCUT2D eigenvalue weighted by atomic mass is 16.4. The minimum absolute atomic E-state index is 0.0285. The Labute approximate surface area is 206 Å². The molecule has 0 bridgehead atoms. The molecule has 10 nitrogen and oxygen atoms in total. The van der Waals surface area contributed by atoms with Crippen LogP contribution in [0.5, 0.6) is 0 Å². The van der Waals surface area contributed by atoms with Gasteiger partial charge in [-0.05, 0) is 49.6 Å². The molecule has 1 aromatic carbocycles. The number of amides is 1. The lowest BCUT2D eigenvalue weighted by atomic mass is 10.1. The van der Waals surface area contributed by atoms with Crippen molar-refractivity contribution in [2.45, 2.75) is 19.3 Å². The number of aliphatic hydroxyl groups is 1. The molecule has 1 saturated heterocycles. The SMILES string of the molecule is O=C(Nc1cc2oc(NCCO)nc2cc1N1CCCCC1)c1ccc(-c2cnc3[nH]ccc3c2)o1. The van der Waals surface area contributed by atoms with Gasteiger partial charge >= 0.3 is 0 Å². The van der Waals surface area contributed by atoms with Crippen molar-refractivity contribution in [3.63, 3.8) is 0 Å². The minimum atomic E-state index is -0.354. The summed E-state index contributed by atoms with van der Waals surface area (Å²) in [6.45, 7) is 2.12. The van der Waals surface area contributed by atoms with Crippen LogP contribution in [0.15, 0.2) is 57.6 Å². The molecular formula is C26H26N6O4. The maximum absolute atomic E-state index is 13.2. The van der Waals surface area contributed by atoms with Crippen molar-refractivity contribution < 1.29 is 18.7 Å². The quantitative estimate of drug-likeness (QED) is 0.262. The first-order valence-electron chi connectivity index (χ1n) is 12.1. The molecule has 0 atom stereocenters. The second-order valence-electron chi connectivity index (χ2n) is 8.81. The molecular weight excluding hydrogens is 460 g/mol. The zero-order valence-corrected chi connectivity index (χ0v) is 19.6. The normalized spacial score (nSPS) is 14.0. The van der Waals surface area contributed by atoms with E-state index < -0.39 is 0 Å². The summed E-state index contributed by atoms with van der Waals surface area (Å²) in [6, 6.07) is 11.4. The van der Waals surface area contributed by atoms with Crippen molar-refractivity contribution in [2.24, 2.45) is 0 Å². The third-order valence-electron chi connectivity index (χ3n) is 6.35. The second-order valence-corrected chi connectivity index (χ2v) is 8.81. The number of pyridine rings is 1. The summed E-state index contributed by atoms with van der Waals surface area (Å²) in [7, 11) is 0. The Hall–Kier alpha value is -4.31. The molecule has 1 aliphatic rings. The third kappa shape index (κ3) is 4.27. The highest BCUT2D eigenvalue weighted by molar-refractivity contribution is 6.06. The van der Waals surface area contributed by atoms with Gasteiger partial charge in [0, 0.05) is 49.0 Å². The number of H-pyrrole nitrogens is 1. The fourth-order valence-electron chi connectivity index (χ4n) is 4.57. The fraction of sp³-hybridized carbons (Fsp3) is 0.269. The summed E-state index contributed by atoms with van der Waals surface area (Å²) in [5.41, 5.74) is 4.34. The summed E-state index contributed by atoms with van der Waals surface area (Å²) in [6.07, 6.45) is 6.93. The number of aliphatic hydroxyl groups excluding tert-OH is 1. The average molecular weight is 487 g/mol. The standard InChI is InChI=1S/C26H26N6O4/c33-11-8-28-26-31-19-13-20(32-9-2-1-3-10-32)18(14-23(19)36-26)30-25(34)22-5-4-21(35-22)17-12-16-6-7-27-24(16)29-15-17/h4-7,12-15,33H,1-3,8-11H2,(H,27,29)(H,28,31)(H,30,34). The van der Waals surface area contributed by atoms with E-state index in [2.05, 4.69) is 30.5 Å². The molecule has 6 rings (SSSR count). The van der Waals surface area contributed by atoms with E-state index in [4.69, 9.17) is 13.9 Å². The van der Waals surface area contributed by atoms with Crippen LogP contribution in [-0.4, -0.2) is 52.2 Å². The molecule has 0 spiro atoms. The molecule has 1 aliphatic heterocycles. The van der Waals surface area contributed by atoms with Gasteiger partial charge in [-0.15, -0.1) is 0 Å². The molecule has 0 unspecified atom stereocenters. The lowest BCUT2D eigenvalue weighted by Gasteiger charge is -2.30. The number of furan rings is 1. The first-order valence-corrected chi connectivity index (χ1v) is 12.1. The number of carbonyl (C=O) groups is 1. The van der Waals surface area contributed by atoms with E-state index in [-0.39, 0.29) is 18.3 Å². The number of fused-ring (bicyclic) bond motifs is 2. The monoisotopic (exact) mass is 486 g/mol. The van der Waals surface area contributed by atoms with Gasteiger partial charge in [0.25, 0.3) is 11.9 Å². The molecule has 5 heterocycles. The number of hydrogen-bond acceptors (Lipinski definition) is 8. The van der Waals surface area contributed by atoms with Gasteiger partial charge < -0.3 is 34.5 Å². The lowest BCUT2D eigenvalue weighted by molar-refractivity contribution is 0.0997. The van der Waals surface area contributed by atoms with Crippen LogP contribution >= 0.6 is 0 Å². The van der Waals surface area contributed by atoms with E-state index in [0.29, 0.717) is 35.1 Å². The molecule has 5 aromatic rings. The Kier molecular flexibility index (Phi) is 5.78. The average Bonchev–Trinajstić information content (AvgIpc) is 3.66. The Morgan fingerprint density at radius 2 is 2.00 bits per heavy atom. The molecule has 10 heteroatoms. The van der Waals surface area contributed by atoms with Gasteiger partial charge in [0.05, 0.1) is 18.0 Å². The zero-order valence-electron chi connectivity index (χ0n) is 19.6.